The molecule has 4 nitrogen and oxygen atoms in total. The van der Waals surface area contributed by atoms with Crippen molar-refractivity contribution in [2.45, 2.75) is 52.5 Å². The Balaban J connectivity index is 1.74. The zero-order chi connectivity index (χ0) is 15.1. The molecule has 1 amide bonds. The van der Waals surface area contributed by atoms with Crippen LogP contribution in [0.3, 0.4) is 0 Å². The van der Waals surface area contributed by atoms with Crippen LogP contribution in [-0.4, -0.2) is 35.4 Å². The molecule has 2 heterocycles. The summed E-state index contributed by atoms with van der Waals surface area (Å²) in [6.45, 7) is 8.02. The van der Waals surface area contributed by atoms with E-state index in [2.05, 4.69) is 34.4 Å². The van der Waals surface area contributed by atoms with E-state index >= 15 is 0 Å². The first-order chi connectivity index (χ1) is 10.2. The monoisotopic (exact) mass is 309 g/mol. The highest BCUT2D eigenvalue weighted by Gasteiger charge is 2.24. The first-order valence-corrected chi connectivity index (χ1v) is 9.04. The summed E-state index contributed by atoms with van der Waals surface area (Å²) in [5, 5.41) is 6.45. The van der Waals surface area contributed by atoms with Crippen molar-refractivity contribution in [2.75, 3.05) is 19.6 Å². The van der Waals surface area contributed by atoms with Crippen molar-refractivity contribution in [1.29, 1.82) is 0 Å². The van der Waals surface area contributed by atoms with Gasteiger partial charge < -0.3 is 5.32 Å². The second-order valence-corrected chi connectivity index (χ2v) is 6.77. The molecule has 0 spiro atoms. The number of carbonyl (C=O) groups excluding carboxylic acids is 1. The third-order valence-corrected chi connectivity index (χ3v) is 4.91. The molecule has 1 aliphatic rings. The van der Waals surface area contributed by atoms with Gasteiger partial charge in [-0.25, -0.2) is 4.98 Å². The lowest BCUT2D eigenvalue weighted by molar-refractivity contribution is -0.126. The summed E-state index contributed by atoms with van der Waals surface area (Å²) in [6, 6.07) is 0. The van der Waals surface area contributed by atoms with Crippen LogP contribution in [0.2, 0.25) is 0 Å². The Hall–Kier alpha value is -0.940. The summed E-state index contributed by atoms with van der Waals surface area (Å²) in [5.41, 5.74) is 1.19. The van der Waals surface area contributed by atoms with Crippen LogP contribution in [0, 0.1) is 5.92 Å². The lowest BCUT2D eigenvalue weighted by atomic mass is 9.96. The van der Waals surface area contributed by atoms with Gasteiger partial charge in [0.25, 0.3) is 0 Å². The molecule has 0 bridgehead atoms. The minimum absolute atomic E-state index is 0.207. The van der Waals surface area contributed by atoms with Crippen LogP contribution in [0.5, 0.6) is 0 Å². The minimum Gasteiger partial charge on any atom is -0.356 e. The van der Waals surface area contributed by atoms with Crippen LogP contribution < -0.4 is 5.32 Å². The van der Waals surface area contributed by atoms with Gasteiger partial charge in [0, 0.05) is 24.4 Å². The summed E-state index contributed by atoms with van der Waals surface area (Å²) >= 11 is 1.78. The maximum Gasteiger partial charge on any atom is 0.223 e. The molecule has 118 valence electrons. The summed E-state index contributed by atoms with van der Waals surface area (Å²) in [4.78, 5) is 19.1. The van der Waals surface area contributed by atoms with E-state index in [0.717, 1.165) is 58.3 Å². The molecule has 0 aromatic carbocycles. The van der Waals surface area contributed by atoms with Gasteiger partial charge in [0.15, 0.2) is 0 Å². The van der Waals surface area contributed by atoms with E-state index in [1.165, 1.54) is 10.7 Å². The maximum atomic E-state index is 12.0. The summed E-state index contributed by atoms with van der Waals surface area (Å²) < 4.78 is 0. The molecule has 0 radical (unpaired) electrons. The Kier molecular flexibility index (Phi) is 6.64. The standard InChI is InChI=1S/C16H27N3OS/c1-3-5-15-18-14(12-21-15)11-19-9-6-13(7-10-19)16(20)17-8-4-2/h12-13H,3-11H2,1-2H3,(H,17,20). The Labute approximate surface area is 132 Å². The van der Waals surface area contributed by atoms with E-state index in [9.17, 15) is 4.79 Å². The molecule has 1 aromatic heterocycles. The summed E-state index contributed by atoms with van der Waals surface area (Å²) in [6.07, 6.45) is 5.20. The highest BCUT2D eigenvalue weighted by molar-refractivity contribution is 7.09. The van der Waals surface area contributed by atoms with Crippen LogP contribution in [0.4, 0.5) is 0 Å². The fourth-order valence-electron chi connectivity index (χ4n) is 2.73. The molecule has 1 saturated heterocycles. The molecule has 1 fully saturated rings. The largest absolute Gasteiger partial charge is 0.356 e. The topological polar surface area (TPSA) is 45.2 Å². The number of likely N-dealkylation sites (tertiary alicyclic amines) is 1. The zero-order valence-corrected chi connectivity index (χ0v) is 14.0. The summed E-state index contributed by atoms with van der Waals surface area (Å²) in [7, 11) is 0. The number of nitrogens with zero attached hydrogens (tertiary/aromatic N) is 2. The van der Waals surface area contributed by atoms with Gasteiger partial charge in [-0.1, -0.05) is 13.8 Å². The lowest BCUT2D eigenvalue weighted by Gasteiger charge is -2.30. The minimum atomic E-state index is 0.207. The molecule has 1 aliphatic heterocycles. The van der Waals surface area contributed by atoms with Crippen LogP contribution in [0.1, 0.15) is 50.2 Å². The molecular weight excluding hydrogens is 282 g/mol. The average Bonchev–Trinajstić information content (AvgIpc) is 2.93. The van der Waals surface area contributed by atoms with E-state index in [-0.39, 0.29) is 11.8 Å². The second-order valence-electron chi connectivity index (χ2n) is 5.82. The number of amides is 1. The molecule has 1 N–H and O–H groups in total. The average molecular weight is 309 g/mol. The molecule has 5 heteroatoms. The van der Waals surface area contributed by atoms with Gasteiger partial charge in [-0.2, -0.15) is 0 Å². The first-order valence-electron chi connectivity index (χ1n) is 8.16. The van der Waals surface area contributed by atoms with Crippen LogP contribution >= 0.6 is 11.3 Å². The molecule has 0 unspecified atom stereocenters. The number of carbonyl (C=O) groups is 1. The number of thiazole rings is 1. The molecule has 0 aliphatic carbocycles. The van der Waals surface area contributed by atoms with Crippen LogP contribution in [0.25, 0.3) is 0 Å². The van der Waals surface area contributed by atoms with Gasteiger partial charge in [-0.05, 0) is 45.2 Å². The number of aryl methyl sites for hydroxylation is 1. The van der Waals surface area contributed by atoms with E-state index < -0.39 is 0 Å². The molecule has 21 heavy (non-hydrogen) atoms. The van der Waals surface area contributed by atoms with Crippen LogP contribution in [0.15, 0.2) is 5.38 Å². The summed E-state index contributed by atoms with van der Waals surface area (Å²) in [5.74, 6) is 0.453. The molecule has 1 aromatic rings. The third kappa shape index (κ3) is 5.08. The number of hydrogen-bond acceptors (Lipinski definition) is 4. The second kappa shape index (κ2) is 8.49. The van der Waals surface area contributed by atoms with Gasteiger partial charge in [0.2, 0.25) is 5.91 Å². The van der Waals surface area contributed by atoms with Gasteiger partial charge in [0.05, 0.1) is 10.7 Å². The number of aromatic nitrogens is 1. The quantitative estimate of drug-likeness (QED) is 0.842. The van der Waals surface area contributed by atoms with Gasteiger partial charge >= 0.3 is 0 Å². The molecular formula is C16H27N3OS. The maximum absolute atomic E-state index is 12.0. The van der Waals surface area contributed by atoms with Gasteiger partial charge in [0.1, 0.15) is 0 Å². The Morgan fingerprint density at radius 1 is 1.38 bits per heavy atom. The zero-order valence-electron chi connectivity index (χ0n) is 13.2. The Bertz CT molecular complexity index is 438. The van der Waals surface area contributed by atoms with Crippen molar-refractivity contribution in [3.05, 3.63) is 16.1 Å². The highest BCUT2D eigenvalue weighted by Crippen LogP contribution is 2.20. The number of rotatable bonds is 7. The fraction of sp³-hybridized carbons (Fsp3) is 0.750. The predicted molar refractivity (Wildman–Crippen MR) is 87.4 cm³/mol. The fourth-order valence-corrected chi connectivity index (χ4v) is 3.62. The van der Waals surface area contributed by atoms with E-state index in [4.69, 9.17) is 0 Å². The normalized spacial score (nSPS) is 17.0. The SMILES string of the molecule is CCCNC(=O)C1CCN(Cc2csc(CCC)n2)CC1. The Morgan fingerprint density at radius 2 is 2.14 bits per heavy atom. The number of hydrogen-bond donors (Lipinski definition) is 1. The van der Waals surface area contributed by atoms with Crippen molar-refractivity contribution in [2.24, 2.45) is 5.92 Å². The smallest absolute Gasteiger partial charge is 0.223 e. The van der Waals surface area contributed by atoms with Crippen molar-refractivity contribution >= 4 is 17.2 Å². The predicted octanol–water partition coefficient (Wildman–Crippen LogP) is 2.83. The number of piperidine rings is 1. The van der Waals surface area contributed by atoms with Gasteiger partial charge in [-0.15, -0.1) is 11.3 Å². The Morgan fingerprint density at radius 3 is 2.81 bits per heavy atom. The van der Waals surface area contributed by atoms with E-state index in [0.29, 0.717) is 0 Å². The molecule has 0 atom stereocenters. The van der Waals surface area contributed by atoms with Crippen LogP contribution in [-0.2, 0) is 17.8 Å². The van der Waals surface area contributed by atoms with E-state index in [1.807, 2.05) is 0 Å². The molecule has 0 saturated carbocycles. The lowest BCUT2D eigenvalue weighted by Crippen LogP contribution is -2.40. The van der Waals surface area contributed by atoms with Crippen molar-refractivity contribution in [1.82, 2.24) is 15.2 Å². The van der Waals surface area contributed by atoms with Crippen molar-refractivity contribution < 1.29 is 4.79 Å². The molecule has 2 rings (SSSR count). The number of nitrogens with one attached hydrogen (secondary N) is 1. The van der Waals surface area contributed by atoms with Crippen molar-refractivity contribution in [3.63, 3.8) is 0 Å². The third-order valence-electron chi connectivity index (χ3n) is 3.96. The highest BCUT2D eigenvalue weighted by atomic mass is 32.1. The first kappa shape index (κ1) is 16.4. The van der Waals surface area contributed by atoms with E-state index in [1.54, 1.807) is 11.3 Å². The van der Waals surface area contributed by atoms with Crippen molar-refractivity contribution in [3.8, 4) is 0 Å². The van der Waals surface area contributed by atoms with Gasteiger partial charge in [-0.3, -0.25) is 9.69 Å².